The number of hydrogen-bond acceptors (Lipinski definition) is 6. The van der Waals surface area contributed by atoms with Gasteiger partial charge >= 0.3 is 24.7 Å². The summed E-state index contributed by atoms with van der Waals surface area (Å²) in [6.45, 7) is -1.48. The molecule has 8 nitrogen and oxygen atoms in total. The summed E-state index contributed by atoms with van der Waals surface area (Å²) in [4.78, 5) is 54.7. The lowest BCUT2D eigenvalue weighted by Crippen LogP contribution is -2.50. The van der Waals surface area contributed by atoms with Crippen LogP contribution in [0.15, 0.2) is 18.2 Å². The molecule has 0 saturated heterocycles. The Morgan fingerprint density at radius 3 is 1.44 bits per heavy atom. The molecule has 0 bridgehead atoms. The second-order valence-electron chi connectivity index (χ2n) is 12.3. The Kier molecular flexibility index (Phi) is 7.34. The Balaban J connectivity index is 1.94. The van der Waals surface area contributed by atoms with Gasteiger partial charge in [0.25, 0.3) is 17.7 Å². The third kappa shape index (κ3) is 4.65. The van der Waals surface area contributed by atoms with Crippen molar-refractivity contribution in [2.24, 2.45) is 0 Å². The number of nitrogens with zero attached hydrogens (tertiary/aromatic N) is 2. The van der Waals surface area contributed by atoms with Crippen molar-refractivity contribution in [1.82, 2.24) is 20.4 Å². The Labute approximate surface area is 280 Å². The third-order valence-electron chi connectivity index (χ3n) is 9.46. The van der Waals surface area contributed by atoms with E-state index < -0.39 is 156 Å². The molecule has 0 spiro atoms. The lowest BCUT2D eigenvalue weighted by Gasteiger charge is -2.38. The smallest absolute Gasteiger partial charge is 0.302 e. The minimum absolute atomic E-state index is 0.0343. The zero-order chi connectivity index (χ0) is 38.4. The fourth-order valence-corrected chi connectivity index (χ4v) is 7.65. The van der Waals surface area contributed by atoms with Crippen molar-refractivity contribution in [3.63, 3.8) is 0 Å². The maximum atomic E-state index is 15.1. The molecule has 1 aliphatic carbocycles. The monoisotopic (exact) mass is 750 g/mol. The topological polar surface area (TPSA) is 98.8 Å². The van der Waals surface area contributed by atoms with Crippen molar-refractivity contribution < 1.29 is 71.9 Å². The van der Waals surface area contributed by atoms with Gasteiger partial charge in [0.15, 0.2) is 0 Å². The highest BCUT2D eigenvalue weighted by atomic mass is 19.4. The van der Waals surface area contributed by atoms with Crippen LogP contribution in [0.2, 0.25) is 0 Å². The Morgan fingerprint density at radius 1 is 0.558 bits per heavy atom. The SMILES string of the molecule is CNCN1C(=O)c2cc(C(F)(F)F)c3c4c5c6c(cc(C(F)(F)F)c5c5c(C(F)(F)F)cc(c2c35)C1=O)C(=O)N(CNC)C(=O)C6CC=4C(F)(F)F. The Bertz CT molecular complexity index is 2390. The third-order valence-corrected chi connectivity index (χ3v) is 9.46. The van der Waals surface area contributed by atoms with Gasteiger partial charge in [0.1, 0.15) is 0 Å². The molecule has 0 fully saturated rings. The molecule has 2 N–H and O–H groups in total. The van der Waals surface area contributed by atoms with Gasteiger partial charge in [-0.25, -0.2) is 0 Å². The van der Waals surface area contributed by atoms with Gasteiger partial charge in [-0.15, -0.1) is 0 Å². The van der Waals surface area contributed by atoms with Crippen LogP contribution in [0.5, 0.6) is 0 Å². The van der Waals surface area contributed by atoms with Crippen molar-refractivity contribution >= 4 is 61.5 Å². The number of benzene rings is 4. The summed E-state index contributed by atoms with van der Waals surface area (Å²) in [5.41, 5.74) is -12.6. The molecule has 3 aliphatic rings. The molecule has 1 unspecified atom stereocenters. The summed E-state index contributed by atoms with van der Waals surface area (Å²) in [6.07, 6.45) is -24.6. The number of carbonyl (C=O) groups excluding carboxylic acids is 4. The summed E-state index contributed by atoms with van der Waals surface area (Å²) in [5.74, 6) is -8.14. The van der Waals surface area contributed by atoms with Crippen molar-refractivity contribution in [2.75, 3.05) is 27.4 Å². The van der Waals surface area contributed by atoms with E-state index >= 15 is 52.7 Å². The second-order valence-corrected chi connectivity index (χ2v) is 12.3. The van der Waals surface area contributed by atoms with E-state index in [0.717, 1.165) is 0 Å². The number of rotatable bonds is 4. The van der Waals surface area contributed by atoms with E-state index in [2.05, 4.69) is 10.6 Å². The van der Waals surface area contributed by atoms with Gasteiger partial charge < -0.3 is 10.6 Å². The van der Waals surface area contributed by atoms with E-state index in [-0.39, 0.29) is 28.0 Å². The lowest BCUT2D eigenvalue weighted by atomic mass is 9.71. The van der Waals surface area contributed by atoms with Crippen molar-refractivity contribution in [2.45, 2.75) is 37.0 Å². The van der Waals surface area contributed by atoms with Gasteiger partial charge in [0.05, 0.1) is 35.9 Å². The maximum absolute atomic E-state index is 15.1. The number of fused-ring (bicyclic) bond motifs is 2. The number of halogens is 12. The minimum atomic E-state index is -5.79. The molecular weight excluding hydrogens is 732 g/mol. The predicted octanol–water partition coefficient (Wildman–Crippen LogP) is 6.05. The van der Waals surface area contributed by atoms with E-state index in [4.69, 9.17) is 0 Å². The molecule has 20 heteroatoms. The van der Waals surface area contributed by atoms with Gasteiger partial charge in [-0.2, -0.15) is 52.7 Å². The molecule has 1 atom stereocenters. The van der Waals surface area contributed by atoms with E-state index in [0.29, 0.717) is 0 Å². The number of carbonyl (C=O) groups is 4. The molecule has 0 aromatic heterocycles. The van der Waals surface area contributed by atoms with Crippen LogP contribution in [-0.4, -0.2) is 67.0 Å². The van der Waals surface area contributed by atoms with Gasteiger partial charge in [-0.05, 0) is 54.9 Å². The number of alkyl halides is 12. The molecule has 4 aromatic carbocycles. The van der Waals surface area contributed by atoms with E-state index in [1.54, 1.807) is 0 Å². The minimum Gasteiger partial charge on any atom is -0.302 e. The van der Waals surface area contributed by atoms with Crippen molar-refractivity contribution in [3.05, 3.63) is 62.4 Å². The van der Waals surface area contributed by atoms with Crippen LogP contribution < -0.4 is 15.9 Å². The first-order valence-electron chi connectivity index (χ1n) is 14.9. The van der Waals surface area contributed by atoms with Crippen LogP contribution >= 0.6 is 0 Å². The molecule has 0 radical (unpaired) electrons. The first-order chi connectivity index (χ1) is 24.0. The zero-order valence-electron chi connectivity index (χ0n) is 26.0. The molecule has 52 heavy (non-hydrogen) atoms. The predicted molar refractivity (Wildman–Crippen MR) is 156 cm³/mol. The summed E-state index contributed by atoms with van der Waals surface area (Å²) < 4.78 is 181. The van der Waals surface area contributed by atoms with Gasteiger partial charge in [0, 0.05) is 49.2 Å². The maximum Gasteiger partial charge on any atom is 0.417 e. The van der Waals surface area contributed by atoms with Crippen LogP contribution in [0.3, 0.4) is 0 Å². The largest absolute Gasteiger partial charge is 0.417 e. The van der Waals surface area contributed by atoms with E-state index in [1.165, 1.54) is 14.1 Å². The molecule has 2 aliphatic heterocycles. The van der Waals surface area contributed by atoms with Gasteiger partial charge in [-0.3, -0.25) is 29.0 Å². The highest BCUT2D eigenvalue weighted by molar-refractivity contribution is 6.36. The number of hydrogen-bond donors (Lipinski definition) is 2. The molecule has 4 amide bonds. The average molecular weight is 750 g/mol. The number of nitrogens with one attached hydrogen (secondary N) is 2. The molecule has 2 heterocycles. The fourth-order valence-electron chi connectivity index (χ4n) is 7.65. The Hall–Kier alpha value is -4.98. The first-order valence-corrected chi connectivity index (χ1v) is 14.9. The molecule has 7 rings (SSSR count). The highest BCUT2D eigenvalue weighted by Gasteiger charge is 2.52. The number of amides is 4. The summed E-state index contributed by atoms with van der Waals surface area (Å²) in [6, 6.07) is 0.135. The second kappa shape index (κ2) is 10.8. The van der Waals surface area contributed by atoms with Crippen LogP contribution in [0.1, 0.15) is 65.7 Å². The van der Waals surface area contributed by atoms with Crippen LogP contribution in [0.4, 0.5) is 52.7 Å². The summed E-state index contributed by atoms with van der Waals surface area (Å²) >= 11 is 0. The molecular formula is C32H18F12N4O4. The van der Waals surface area contributed by atoms with Crippen LogP contribution in [-0.2, 0) is 23.3 Å². The van der Waals surface area contributed by atoms with Crippen molar-refractivity contribution in [3.8, 4) is 0 Å². The fraction of sp³-hybridized carbons (Fsp3) is 0.312. The first kappa shape index (κ1) is 35.4. The van der Waals surface area contributed by atoms with Crippen LogP contribution in [0.25, 0.3) is 37.9 Å². The standard InChI is InChI=1S/C32H18F12N4O4/c1-45-7-47-25(49)9-3-13(29(33,34)35)19-21-15(31(39,40)41)5-11-18-12(28(52)48(8-46-2)27(11)51)6-16(32(42,43)44)22(24(18)21)20-14(30(36,37)38)4-10(26(47)50)17(9)23(19)20/h3-5,12,45-46H,6-8H2,1-2H3. The highest BCUT2D eigenvalue weighted by Crippen LogP contribution is 2.54. The lowest BCUT2D eigenvalue weighted by molar-refractivity contribution is -0.138. The number of imide groups is 2. The summed E-state index contributed by atoms with van der Waals surface area (Å²) in [5, 5.41) is -6.02. The van der Waals surface area contributed by atoms with E-state index in [1.807, 2.05) is 0 Å². The average Bonchev–Trinajstić information content (AvgIpc) is 3.02. The van der Waals surface area contributed by atoms with Gasteiger partial charge in [-0.1, -0.05) is 0 Å². The molecule has 274 valence electrons. The zero-order valence-corrected chi connectivity index (χ0v) is 26.0. The molecule has 0 saturated carbocycles. The molecule has 4 aromatic rings. The van der Waals surface area contributed by atoms with Gasteiger partial charge in [0.2, 0.25) is 5.91 Å². The normalized spacial score (nSPS) is 18.3. The van der Waals surface area contributed by atoms with Crippen LogP contribution in [0, 0.1) is 0 Å². The quantitative estimate of drug-likeness (QED) is 0.114. The Morgan fingerprint density at radius 2 is 0.981 bits per heavy atom. The van der Waals surface area contributed by atoms with E-state index in [9.17, 15) is 19.2 Å². The van der Waals surface area contributed by atoms with Crippen molar-refractivity contribution in [1.29, 1.82) is 0 Å². The summed E-state index contributed by atoms with van der Waals surface area (Å²) in [7, 11) is 2.35.